The summed E-state index contributed by atoms with van der Waals surface area (Å²) in [6.45, 7) is 4.66. The molecule has 3 fully saturated rings. The average molecular weight is 331 g/mol. The standard InChI is InChI=1S/C20H29NO3/c1-19-10-8-14-12(13(19)5-6-15(19)18(23)24-3)4-7-16-20(14,2)11-9-17(22)21-16/h9,11-16H,4-8,10H2,1-3H3,(H,21,22)/t12-,13-,14-,15-,16-,19+,20-/m1/s1. The number of methoxy groups -OCH3 is 1. The number of carbonyl (C=O) groups excluding carboxylic acids is 2. The summed E-state index contributed by atoms with van der Waals surface area (Å²) in [4.78, 5) is 24.0. The Bertz CT molecular complexity index is 600. The molecule has 0 aromatic carbocycles. The molecule has 4 aliphatic rings. The number of nitrogens with one attached hydrogen (secondary N) is 1. The van der Waals surface area contributed by atoms with E-state index in [9.17, 15) is 9.59 Å². The zero-order chi connectivity index (χ0) is 17.1. The number of hydrogen-bond donors (Lipinski definition) is 1. The van der Waals surface area contributed by atoms with Crippen LogP contribution in [0.25, 0.3) is 0 Å². The Kier molecular flexibility index (Phi) is 3.59. The van der Waals surface area contributed by atoms with Gasteiger partial charge in [0, 0.05) is 11.5 Å². The van der Waals surface area contributed by atoms with Crippen LogP contribution >= 0.6 is 0 Å². The minimum absolute atomic E-state index is 0.0110. The van der Waals surface area contributed by atoms with Crippen LogP contribution in [0.1, 0.15) is 52.4 Å². The fraction of sp³-hybridized carbons (Fsp3) is 0.800. The maximum Gasteiger partial charge on any atom is 0.309 e. The van der Waals surface area contributed by atoms with Gasteiger partial charge in [-0.25, -0.2) is 0 Å². The van der Waals surface area contributed by atoms with Crippen LogP contribution < -0.4 is 5.32 Å². The van der Waals surface area contributed by atoms with Crippen molar-refractivity contribution in [3.63, 3.8) is 0 Å². The van der Waals surface area contributed by atoms with Crippen LogP contribution in [0.3, 0.4) is 0 Å². The van der Waals surface area contributed by atoms with Crippen LogP contribution in [0.2, 0.25) is 0 Å². The summed E-state index contributed by atoms with van der Waals surface area (Å²) in [5.41, 5.74) is 0.167. The molecule has 4 heteroatoms. The normalized spacial score (nSPS) is 49.6. The molecule has 3 saturated carbocycles. The minimum atomic E-state index is -0.0110. The molecular formula is C20H29NO3. The number of esters is 1. The Morgan fingerprint density at radius 1 is 1.17 bits per heavy atom. The van der Waals surface area contributed by atoms with Gasteiger partial charge in [0.25, 0.3) is 0 Å². The van der Waals surface area contributed by atoms with Gasteiger partial charge in [-0.3, -0.25) is 9.59 Å². The first-order valence-electron chi connectivity index (χ1n) is 9.47. The van der Waals surface area contributed by atoms with Crippen LogP contribution in [0, 0.1) is 34.5 Å². The predicted octanol–water partition coefficient (Wildman–Crippen LogP) is 3.07. The van der Waals surface area contributed by atoms with Crippen molar-refractivity contribution in [2.24, 2.45) is 34.5 Å². The Balaban J connectivity index is 1.64. The van der Waals surface area contributed by atoms with Crippen molar-refractivity contribution in [2.75, 3.05) is 7.11 Å². The van der Waals surface area contributed by atoms with Gasteiger partial charge in [-0.1, -0.05) is 19.9 Å². The van der Waals surface area contributed by atoms with E-state index < -0.39 is 0 Å². The van der Waals surface area contributed by atoms with Crippen molar-refractivity contribution >= 4 is 11.9 Å². The largest absolute Gasteiger partial charge is 0.469 e. The van der Waals surface area contributed by atoms with E-state index in [1.165, 1.54) is 13.5 Å². The second-order valence-corrected chi connectivity index (χ2v) is 8.91. The van der Waals surface area contributed by atoms with Gasteiger partial charge >= 0.3 is 5.97 Å². The molecule has 1 N–H and O–H groups in total. The van der Waals surface area contributed by atoms with Gasteiger partial charge in [0.05, 0.1) is 13.0 Å². The van der Waals surface area contributed by atoms with Gasteiger partial charge < -0.3 is 10.1 Å². The molecule has 0 aromatic heterocycles. The van der Waals surface area contributed by atoms with Crippen LogP contribution in [0.5, 0.6) is 0 Å². The third-order valence-corrected chi connectivity index (χ3v) is 8.17. The summed E-state index contributed by atoms with van der Waals surface area (Å²) in [5, 5.41) is 3.20. The molecule has 0 unspecified atom stereocenters. The fourth-order valence-corrected chi connectivity index (χ4v) is 6.86. The van der Waals surface area contributed by atoms with Gasteiger partial charge in [0.1, 0.15) is 0 Å². The monoisotopic (exact) mass is 331 g/mol. The molecule has 1 amide bonds. The lowest BCUT2D eigenvalue weighted by atomic mass is 9.48. The Labute approximate surface area is 144 Å². The Hall–Kier alpha value is -1.32. The lowest BCUT2D eigenvalue weighted by Gasteiger charge is -2.58. The van der Waals surface area contributed by atoms with E-state index in [0.717, 1.165) is 32.1 Å². The molecule has 4 rings (SSSR count). The van der Waals surface area contributed by atoms with Crippen LogP contribution in [-0.2, 0) is 14.3 Å². The molecule has 0 aromatic rings. The van der Waals surface area contributed by atoms with Crippen molar-refractivity contribution in [3.05, 3.63) is 12.2 Å². The topological polar surface area (TPSA) is 55.4 Å². The molecule has 4 nitrogen and oxygen atoms in total. The first kappa shape index (κ1) is 16.2. The van der Waals surface area contributed by atoms with Gasteiger partial charge in [0.15, 0.2) is 0 Å². The summed E-state index contributed by atoms with van der Waals surface area (Å²) in [6.07, 6.45) is 10.5. The maximum atomic E-state index is 12.3. The average Bonchev–Trinajstić information content (AvgIpc) is 2.92. The van der Waals surface area contributed by atoms with E-state index in [1.807, 2.05) is 0 Å². The molecule has 1 aliphatic heterocycles. The van der Waals surface area contributed by atoms with Crippen molar-refractivity contribution < 1.29 is 14.3 Å². The summed E-state index contributed by atoms with van der Waals surface area (Å²) >= 11 is 0. The van der Waals surface area contributed by atoms with Gasteiger partial charge in [0.2, 0.25) is 5.91 Å². The summed E-state index contributed by atoms with van der Waals surface area (Å²) in [5.74, 6) is 2.01. The smallest absolute Gasteiger partial charge is 0.309 e. The van der Waals surface area contributed by atoms with E-state index in [0.29, 0.717) is 17.8 Å². The Morgan fingerprint density at radius 3 is 2.71 bits per heavy atom. The summed E-state index contributed by atoms with van der Waals surface area (Å²) in [6, 6.07) is 0.276. The van der Waals surface area contributed by atoms with Crippen molar-refractivity contribution in [3.8, 4) is 0 Å². The number of carbonyl (C=O) groups is 2. The Morgan fingerprint density at radius 2 is 1.96 bits per heavy atom. The third kappa shape index (κ3) is 2.04. The molecule has 132 valence electrons. The number of amides is 1. The molecule has 0 saturated heterocycles. The summed E-state index contributed by atoms with van der Waals surface area (Å²) < 4.78 is 5.10. The zero-order valence-corrected chi connectivity index (χ0v) is 15.0. The number of fused-ring (bicyclic) bond motifs is 5. The highest BCUT2D eigenvalue weighted by Crippen LogP contribution is 2.65. The first-order chi connectivity index (χ1) is 11.4. The lowest BCUT2D eigenvalue weighted by Crippen LogP contribution is -2.59. The summed E-state index contributed by atoms with van der Waals surface area (Å²) in [7, 11) is 1.52. The molecule has 0 bridgehead atoms. The molecule has 3 aliphatic carbocycles. The number of rotatable bonds is 1. The third-order valence-electron chi connectivity index (χ3n) is 8.17. The van der Waals surface area contributed by atoms with Crippen molar-refractivity contribution in [1.29, 1.82) is 0 Å². The van der Waals surface area contributed by atoms with E-state index in [-0.39, 0.29) is 34.7 Å². The second kappa shape index (κ2) is 5.34. The second-order valence-electron chi connectivity index (χ2n) is 8.91. The molecule has 0 radical (unpaired) electrons. The van der Waals surface area contributed by atoms with Gasteiger partial charge in [-0.2, -0.15) is 0 Å². The highest BCUT2D eigenvalue weighted by molar-refractivity contribution is 5.89. The highest BCUT2D eigenvalue weighted by atomic mass is 16.5. The lowest BCUT2D eigenvalue weighted by molar-refractivity contribution is -0.153. The zero-order valence-electron chi connectivity index (χ0n) is 15.0. The molecule has 7 atom stereocenters. The quantitative estimate of drug-likeness (QED) is 0.751. The van der Waals surface area contributed by atoms with Gasteiger partial charge in [-0.15, -0.1) is 0 Å². The van der Waals surface area contributed by atoms with Crippen LogP contribution in [0.15, 0.2) is 12.2 Å². The fourth-order valence-electron chi connectivity index (χ4n) is 6.86. The predicted molar refractivity (Wildman–Crippen MR) is 91.0 cm³/mol. The van der Waals surface area contributed by atoms with E-state index in [2.05, 4.69) is 25.2 Å². The molecule has 0 spiro atoms. The van der Waals surface area contributed by atoms with E-state index >= 15 is 0 Å². The van der Waals surface area contributed by atoms with Crippen molar-refractivity contribution in [2.45, 2.75) is 58.4 Å². The van der Waals surface area contributed by atoms with Crippen molar-refractivity contribution in [1.82, 2.24) is 5.32 Å². The van der Waals surface area contributed by atoms with E-state index in [1.54, 1.807) is 6.08 Å². The molecule has 1 heterocycles. The highest BCUT2D eigenvalue weighted by Gasteiger charge is 2.61. The molecular weight excluding hydrogens is 302 g/mol. The van der Waals surface area contributed by atoms with E-state index in [4.69, 9.17) is 4.74 Å². The van der Waals surface area contributed by atoms with Crippen LogP contribution in [0.4, 0.5) is 0 Å². The van der Waals surface area contributed by atoms with Crippen LogP contribution in [-0.4, -0.2) is 25.0 Å². The number of hydrogen-bond acceptors (Lipinski definition) is 3. The SMILES string of the molecule is COC(=O)[C@H]1CC[C@@H]2[C@H]3CC[C@H]4NC(=O)C=C[C@]4(C)[C@@H]3CC[C@]12C. The maximum absolute atomic E-state index is 12.3. The molecule has 24 heavy (non-hydrogen) atoms. The minimum Gasteiger partial charge on any atom is -0.469 e. The first-order valence-corrected chi connectivity index (χ1v) is 9.47. The number of ether oxygens (including phenoxy) is 1. The van der Waals surface area contributed by atoms with Gasteiger partial charge in [-0.05, 0) is 67.8 Å².